The van der Waals surface area contributed by atoms with Gasteiger partial charge in [0, 0.05) is 18.2 Å². The molecule has 2 atom stereocenters. The van der Waals surface area contributed by atoms with Crippen LogP contribution in [0.3, 0.4) is 0 Å². The van der Waals surface area contributed by atoms with Crippen molar-refractivity contribution in [1.82, 2.24) is 14.5 Å². The number of pyridine rings is 1. The third-order valence-corrected chi connectivity index (χ3v) is 6.74. The summed E-state index contributed by atoms with van der Waals surface area (Å²) in [5, 5.41) is 13.0. The molecule has 1 aliphatic rings. The van der Waals surface area contributed by atoms with Gasteiger partial charge in [0.2, 0.25) is 0 Å². The highest BCUT2D eigenvalue weighted by Gasteiger charge is 2.27. The molecule has 0 unspecified atom stereocenters. The molecule has 1 aliphatic heterocycles. The lowest BCUT2D eigenvalue weighted by Gasteiger charge is -2.29. The van der Waals surface area contributed by atoms with Crippen LogP contribution in [0.25, 0.3) is 33.1 Å². The summed E-state index contributed by atoms with van der Waals surface area (Å²) in [4.78, 5) is 22.8. The van der Waals surface area contributed by atoms with Gasteiger partial charge in [-0.1, -0.05) is 24.3 Å². The SMILES string of the molecule is Cc1ccc(-c2cc(Cc3cc4c(=O)n([C@H]5CCOC[C@@H]5O)cnc4c4ccccc34)ccn2)o1. The van der Waals surface area contributed by atoms with Gasteiger partial charge in [-0.15, -0.1) is 0 Å². The van der Waals surface area contributed by atoms with Crippen molar-refractivity contribution in [1.29, 1.82) is 0 Å². The number of ether oxygens (including phenoxy) is 1. The molecule has 0 saturated carbocycles. The molecular weight excluding hydrogens is 442 g/mol. The van der Waals surface area contributed by atoms with Crippen LogP contribution in [0.2, 0.25) is 0 Å². The van der Waals surface area contributed by atoms with E-state index in [1.165, 1.54) is 0 Å². The molecule has 5 aromatic rings. The van der Waals surface area contributed by atoms with Crippen molar-refractivity contribution in [2.45, 2.75) is 31.9 Å². The highest BCUT2D eigenvalue weighted by molar-refractivity contribution is 6.06. The summed E-state index contributed by atoms with van der Waals surface area (Å²) in [5.41, 5.74) is 3.41. The van der Waals surface area contributed by atoms with Gasteiger partial charge >= 0.3 is 0 Å². The Kier molecular flexibility index (Phi) is 5.43. The summed E-state index contributed by atoms with van der Waals surface area (Å²) in [7, 11) is 0. The van der Waals surface area contributed by atoms with Crippen LogP contribution < -0.4 is 5.56 Å². The molecular formula is C28H25N3O4. The number of aryl methyl sites for hydroxylation is 1. The summed E-state index contributed by atoms with van der Waals surface area (Å²) < 4.78 is 12.7. The molecule has 0 spiro atoms. The summed E-state index contributed by atoms with van der Waals surface area (Å²) in [6, 6.07) is 17.5. The zero-order valence-corrected chi connectivity index (χ0v) is 19.3. The summed E-state index contributed by atoms with van der Waals surface area (Å²) in [6.45, 7) is 2.64. The number of furan rings is 1. The molecule has 0 radical (unpaired) electrons. The van der Waals surface area contributed by atoms with Gasteiger partial charge in [0.15, 0.2) is 5.76 Å². The Morgan fingerprint density at radius 1 is 1.06 bits per heavy atom. The van der Waals surface area contributed by atoms with Crippen molar-refractivity contribution >= 4 is 21.7 Å². The van der Waals surface area contributed by atoms with Crippen molar-refractivity contribution in [3.8, 4) is 11.5 Å². The normalized spacial score (nSPS) is 18.3. The number of aliphatic hydroxyl groups excluding tert-OH is 1. The van der Waals surface area contributed by atoms with Crippen LogP contribution in [0.5, 0.6) is 0 Å². The number of nitrogens with zero attached hydrogens (tertiary/aromatic N) is 3. The van der Waals surface area contributed by atoms with E-state index >= 15 is 0 Å². The lowest BCUT2D eigenvalue weighted by atomic mass is 9.96. The van der Waals surface area contributed by atoms with Gasteiger partial charge in [-0.2, -0.15) is 0 Å². The van der Waals surface area contributed by atoms with E-state index in [0.717, 1.165) is 39.1 Å². The van der Waals surface area contributed by atoms with Crippen LogP contribution in [0, 0.1) is 6.92 Å². The Labute approximate surface area is 201 Å². The third-order valence-electron chi connectivity index (χ3n) is 6.74. The van der Waals surface area contributed by atoms with E-state index in [0.29, 0.717) is 30.4 Å². The maximum absolute atomic E-state index is 13.6. The van der Waals surface area contributed by atoms with Gasteiger partial charge in [0.25, 0.3) is 5.56 Å². The number of fused-ring (bicyclic) bond motifs is 3. The van der Waals surface area contributed by atoms with E-state index in [4.69, 9.17) is 9.15 Å². The Bertz CT molecular complexity index is 1600. The van der Waals surface area contributed by atoms with E-state index in [1.807, 2.05) is 55.5 Å². The van der Waals surface area contributed by atoms with Crippen LogP contribution >= 0.6 is 0 Å². The molecule has 6 rings (SSSR count). The number of aliphatic hydroxyl groups is 1. The highest BCUT2D eigenvalue weighted by Crippen LogP contribution is 2.29. The van der Waals surface area contributed by atoms with Crippen molar-refractivity contribution in [3.05, 3.63) is 94.4 Å². The van der Waals surface area contributed by atoms with Crippen LogP contribution in [-0.2, 0) is 11.2 Å². The summed E-state index contributed by atoms with van der Waals surface area (Å²) in [5.74, 6) is 1.57. The van der Waals surface area contributed by atoms with Crippen molar-refractivity contribution in [2.24, 2.45) is 0 Å². The van der Waals surface area contributed by atoms with Crippen LogP contribution in [0.1, 0.15) is 29.3 Å². The predicted molar refractivity (Wildman–Crippen MR) is 133 cm³/mol. The molecule has 35 heavy (non-hydrogen) atoms. The number of rotatable bonds is 4. The first-order chi connectivity index (χ1) is 17.1. The highest BCUT2D eigenvalue weighted by atomic mass is 16.5. The zero-order valence-electron chi connectivity index (χ0n) is 19.3. The second-order valence-electron chi connectivity index (χ2n) is 9.07. The second-order valence-corrected chi connectivity index (χ2v) is 9.07. The number of benzene rings is 2. The van der Waals surface area contributed by atoms with Gasteiger partial charge in [-0.25, -0.2) is 4.98 Å². The number of hydrogen-bond donors (Lipinski definition) is 1. The maximum Gasteiger partial charge on any atom is 0.261 e. The van der Waals surface area contributed by atoms with E-state index in [1.54, 1.807) is 17.1 Å². The minimum Gasteiger partial charge on any atom is -0.460 e. The summed E-state index contributed by atoms with van der Waals surface area (Å²) in [6.07, 6.45) is 3.81. The standard InChI is InChI=1S/C28H25N3O4/c1-17-6-7-26(35-17)23-13-18(8-10-29-23)12-19-14-22-27(21-5-3-2-4-20(19)21)30-16-31(28(22)33)24-9-11-34-15-25(24)32/h2-8,10,13-14,16,24-25,32H,9,11-12,15H2,1H3/t24-,25-/m0/s1. The van der Waals surface area contributed by atoms with Crippen molar-refractivity contribution in [3.63, 3.8) is 0 Å². The molecule has 1 N–H and O–H groups in total. The number of aromatic nitrogens is 3. The third kappa shape index (κ3) is 3.92. The van der Waals surface area contributed by atoms with Gasteiger partial charge in [-0.3, -0.25) is 14.3 Å². The first kappa shape index (κ1) is 21.7. The lowest BCUT2D eigenvalue weighted by Crippen LogP contribution is -2.39. The Morgan fingerprint density at radius 3 is 2.71 bits per heavy atom. The minimum absolute atomic E-state index is 0.144. The van der Waals surface area contributed by atoms with E-state index in [2.05, 4.69) is 16.0 Å². The molecule has 1 saturated heterocycles. The quantitative estimate of drug-likeness (QED) is 0.394. The monoisotopic (exact) mass is 467 g/mol. The molecule has 3 aromatic heterocycles. The predicted octanol–water partition coefficient (Wildman–Crippen LogP) is 4.43. The molecule has 0 bridgehead atoms. The van der Waals surface area contributed by atoms with E-state index < -0.39 is 6.10 Å². The Balaban J connectivity index is 1.48. The molecule has 7 heteroatoms. The maximum atomic E-state index is 13.6. The topological polar surface area (TPSA) is 90.4 Å². The second kappa shape index (κ2) is 8.76. The first-order valence-electron chi connectivity index (χ1n) is 11.8. The molecule has 2 aromatic carbocycles. The molecule has 0 aliphatic carbocycles. The molecule has 1 fully saturated rings. The number of hydrogen-bond acceptors (Lipinski definition) is 6. The fourth-order valence-corrected chi connectivity index (χ4v) is 4.98. The summed E-state index contributed by atoms with van der Waals surface area (Å²) >= 11 is 0. The van der Waals surface area contributed by atoms with Crippen LogP contribution in [-0.4, -0.2) is 39.0 Å². The van der Waals surface area contributed by atoms with E-state index in [9.17, 15) is 9.90 Å². The smallest absolute Gasteiger partial charge is 0.261 e. The molecule has 4 heterocycles. The largest absolute Gasteiger partial charge is 0.460 e. The fraction of sp³-hybridized carbons (Fsp3) is 0.250. The fourth-order valence-electron chi connectivity index (χ4n) is 4.98. The lowest BCUT2D eigenvalue weighted by molar-refractivity contribution is -0.0395. The zero-order chi connectivity index (χ0) is 23.9. The van der Waals surface area contributed by atoms with E-state index in [-0.39, 0.29) is 18.2 Å². The van der Waals surface area contributed by atoms with Gasteiger partial charge in [-0.05, 0) is 66.6 Å². The van der Waals surface area contributed by atoms with Gasteiger partial charge in [0.05, 0.1) is 36.0 Å². The molecule has 0 amide bonds. The molecule has 176 valence electrons. The van der Waals surface area contributed by atoms with Gasteiger partial charge < -0.3 is 14.3 Å². The Morgan fingerprint density at radius 2 is 1.91 bits per heavy atom. The average molecular weight is 468 g/mol. The minimum atomic E-state index is -0.735. The van der Waals surface area contributed by atoms with Gasteiger partial charge in [0.1, 0.15) is 11.5 Å². The van der Waals surface area contributed by atoms with Crippen LogP contribution in [0.4, 0.5) is 0 Å². The van der Waals surface area contributed by atoms with Crippen molar-refractivity contribution in [2.75, 3.05) is 13.2 Å². The Hall–Kier alpha value is -3.81. The van der Waals surface area contributed by atoms with Crippen LogP contribution in [0.15, 0.2) is 76.3 Å². The first-order valence-corrected chi connectivity index (χ1v) is 11.8. The van der Waals surface area contributed by atoms with Crippen molar-refractivity contribution < 1.29 is 14.3 Å². The molecule has 7 nitrogen and oxygen atoms in total. The average Bonchev–Trinajstić information content (AvgIpc) is 3.32.